The molecule has 0 spiro atoms. The van der Waals surface area contributed by atoms with Crippen molar-refractivity contribution in [2.75, 3.05) is 0 Å². The van der Waals surface area contributed by atoms with Crippen molar-refractivity contribution >= 4 is 17.3 Å². The number of thiophene rings is 1. The third-order valence-corrected chi connectivity index (χ3v) is 3.79. The fraction of sp³-hybridized carbons (Fsp3) is 0.545. The molecule has 0 aliphatic heterocycles. The summed E-state index contributed by atoms with van der Waals surface area (Å²) in [4.78, 5) is 10.7. The zero-order valence-electron chi connectivity index (χ0n) is 7.98. The van der Waals surface area contributed by atoms with Gasteiger partial charge in [-0.1, -0.05) is 0 Å². The Balaban J connectivity index is 1.93. The smallest absolute Gasteiger partial charge is 0.306 e. The predicted octanol–water partition coefficient (Wildman–Crippen LogP) is 3.11. The van der Waals surface area contributed by atoms with Gasteiger partial charge in [0.15, 0.2) is 0 Å². The zero-order chi connectivity index (χ0) is 9.97. The van der Waals surface area contributed by atoms with Crippen molar-refractivity contribution in [3.8, 4) is 0 Å². The van der Waals surface area contributed by atoms with Crippen molar-refractivity contribution in [1.82, 2.24) is 0 Å². The normalized spacial score (nSPS) is 27.4. The summed E-state index contributed by atoms with van der Waals surface area (Å²) in [5.74, 6) is -0.101. The largest absolute Gasteiger partial charge is 0.481 e. The van der Waals surface area contributed by atoms with Gasteiger partial charge in [0.25, 0.3) is 0 Å². The van der Waals surface area contributed by atoms with Gasteiger partial charge in [-0.15, -0.1) is 0 Å². The van der Waals surface area contributed by atoms with Gasteiger partial charge in [-0.2, -0.15) is 11.3 Å². The molecule has 1 aliphatic carbocycles. The lowest BCUT2D eigenvalue weighted by Crippen LogP contribution is -2.20. The summed E-state index contributed by atoms with van der Waals surface area (Å²) in [5.41, 5.74) is 1.40. The van der Waals surface area contributed by atoms with E-state index in [0.717, 1.165) is 25.7 Å². The highest BCUT2D eigenvalue weighted by Crippen LogP contribution is 2.36. The molecule has 0 amide bonds. The Morgan fingerprint density at radius 2 is 2.07 bits per heavy atom. The molecule has 0 unspecified atom stereocenters. The first kappa shape index (κ1) is 9.71. The summed E-state index contributed by atoms with van der Waals surface area (Å²) in [6.45, 7) is 0. The van der Waals surface area contributed by atoms with Crippen LogP contribution in [0.2, 0.25) is 0 Å². The van der Waals surface area contributed by atoms with E-state index in [9.17, 15) is 4.79 Å². The maximum absolute atomic E-state index is 10.7. The minimum absolute atomic E-state index is 0.0927. The van der Waals surface area contributed by atoms with Gasteiger partial charge in [0.1, 0.15) is 0 Å². The van der Waals surface area contributed by atoms with Crippen LogP contribution in [0.15, 0.2) is 16.8 Å². The quantitative estimate of drug-likeness (QED) is 0.814. The molecule has 1 N–H and O–H groups in total. The van der Waals surface area contributed by atoms with Gasteiger partial charge in [-0.05, 0) is 54.0 Å². The van der Waals surface area contributed by atoms with Crippen LogP contribution in [0.3, 0.4) is 0 Å². The highest BCUT2D eigenvalue weighted by molar-refractivity contribution is 7.07. The first-order chi connectivity index (χ1) is 6.77. The Bertz CT molecular complexity index is 297. The fourth-order valence-electron chi connectivity index (χ4n) is 2.18. The van der Waals surface area contributed by atoms with Crippen LogP contribution in [-0.2, 0) is 4.79 Å². The lowest BCUT2D eigenvalue weighted by molar-refractivity contribution is -0.142. The predicted molar refractivity (Wildman–Crippen MR) is 56.7 cm³/mol. The Kier molecular flexibility index (Phi) is 2.87. The number of carboxylic acids is 1. The maximum Gasteiger partial charge on any atom is 0.306 e. The third-order valence-electron chi connectivity index (χ3n) is 3.09. The Morgan fingerprint density at radius 3 is 2.57 bits per heavy atom. The van der Waals surface area contributed by atoms with Crippen LogP contribution in [0.5, 0.6) is 0 Å². The molecule has 1 saturated carbocycles. The topological polar surface area (TPSA) is 37.3 Å². The molecule has 0 saturated heterocycles. The fourth-order valence-corrected chi connectivity index (χ4v) is 2.92. The molecule has 1 heterocycles. The Morgan fingerprint density at radius 1 is 1.36 bits per heavy atom. The molecule has 0 aromatic carbocycles. The summed E-state index contributed by atoms with van der Waals surface area (Å²) in [7, 11) is 0. The van der Waals surface area contributed by atoms with E-state index in [0.29, 0.717) is 5.92 Å². The summed E-state index contributed by atoms with van der Waals surface area (Å²) in [6, 6.07) is 2.16. The van der Waals surface area contributed by atoms with Crippen molar-refractivity contribution in [3.63, 3.8) is 0 Å². The first-order valence-electron chi connectivity index (χ1n) is 5.02. The molecule has 0 atom stereocenters. The SMILES string of the molecule is O=C(O)C1CCC(c2ccsc2)CC1. The summed E-state index contributed by atoms with van der Waals surface area (Å²) in [6.07, 6.45) is 3.76. The van der Waals surface area contributed by atoms with Crippen LogP contribution in [0.4, 0.5) is 0 Å². The van der Waals surface area contributed by atoms with E-state index in [4.69, 9.17) is 5.11 Å². The van der Waals surface area contributed by atoms with Crippen LogP contribution in [0.25, 0.3) is 0 Å². The summed E-state index contributed by atoms with van der Waals surface area (Å²) >= 11 is 1.72. The second-order valence-corrected chi connectivity index (χ2v) is 4.72. The Labute approximate surface area is 87.6 Å². The van der Waals surface area contributed by atoms with Crippen LogP contribution < -0.4 is 0 Å². The lowest BCUT2D eigenvalue weighted by atomic mass is 9.79. The van der Waals surface area contributed by atoms with Crippen molar-refractivity contribution in [3.05, 3.63) is 22.4 Å². The van der Waals surface area contributed by atoms with E-state index in [-0.39, 0.29) is 5.92 Å². The van der Waals surface area contributed by atoms with Crippen molar-refractivity contribution in [2.45, 2.75) is 31.6 Å². The molecule has 76 valence electrons. The minimum atomic E-state index is -0.617. The molecule has 0 bridgehead atoms. The number of carboxylic acid groups (broad SMARTS) is 1. The van der Waals surface area contributed by atoms with E-state index < -0.39 is 5.97 Å². The summed E-state index contributed by atoms with van der Waals surface area (Å²) in [5, 5.41) is 13.1. The van der Waals surface area contributed by atoms with Crippen LogP contribution in [-0.4, -0.2) is 11.1 Å². The third kappa shape index (κ3) is 1.98. The van der Waals surface area contributed by atoms with Crippen LogP contribution in [0.1, 0.15) is 37.2 Å². The molecule has 1 aromatic heterocycles. The number of hydrogen-bond donors (Lipinski definition) is 1. The molecule has 3 heteroatoms. The molecular formula is C11H14O2S. The average Bonchev–Trinajstić information content (AvgIpc) is 2.71. The van der Waals surface area contributed by atoms with Gasteiger partial charge >= 0.3 is 5.97 Å². The molecule has 1 aromatic rings. The van der Waals surface area contributed by atoms with Crippen LogP contribution >= 0.6 is 11.3 Å². The number of rotatable bonds is 2. The monoisotopic (exact) mass is 210 g/mol. The van der Waals surface area contributed by atoms with Gasteiger partial charge in [0, 0.05) is 0 Å². The van der Waals surface area contributed by atoms with Gasteiger partial charge in [-0.25, -0.2) is 0 Å². The summed E-state index contributed by atoms with van der Waals surface area (Å²) < 4.78 is 0. The average molecular weight is 210 g/mol. The van der Waals surface area contributed by atoms with Crippen molar-refractivity contribution < 1.29 is 9.90 Å². The number of aliphatic carboxylic acids is 1. The van der Waals surface area contributed by atoms with E-state index in [2.05, 4.69) is 16.8 Å². The van der Waals surface area contributed by atoms with E-state index >= 15 is 0 Å². The van der Waals surface area contributed by atoms with Gasteiger partial charge in [0.05, 0.1) is 5.92 Å². The van der Waals surface area contributed by atoms with Crippen molar-refractivity contribution in [2.24, 2.45) is 5.92 Å². The molecule has 14 heavy (non-hydrogen) atoms. The zero-order valence-corrected chi connectivity index (χ0v) is 8.80. The van der Waals surface area contributed by atoms with E-state index in [1.165, 1.54) is 5.56 Å². The van der Waals surface area contributed by atoms with E-state index in [1.807, 2.05) is 0 Å². The number of carbonyl (C=O) groups is 1. The highest BCUT2D eigenvalue weighted by Gasteiger charge is 2.26. The highest BCUT2D eigenvalue weighted by atomic mass is 32.1. The minimum Gasteiger partial charge on any atom is -0.481 e. The Hall–Kier alpha value is -0.830. The lowest BCUT2D eigenvalue weighted by Gasteiger charge is -2.25. The standard InChI is InChI=1S/C11H14O2S/c12-11(13)9-3-1-8(2-4-9)10-5-6-14-7-10/h5-9H,1-4H2,(H,12,13). The molecule has 2 nitrogen and oxygen atoms in total. The first-order valence-corrected chi connectivity index (χ1v) is 5.96. The molecule has 0 radical (unpaired) electrons. The maximum atomic E-state index is 10.7. The molecule has 1 fully saturated rings. The van der Waals surface area contributed by atoms with E-state index in [1.54, 1.807) is 11.3 Å². The van der Waals surface area contributed by atoms with Crippen LogP contribution in [0, 0.1) is 5.92 Å². The second-order valence-electron chi connectivity index (χ2n) is 3.94. The van der Waals surface area contributed by atoms with Crippen molar-refractivity contribution in [1.29, 1.82) is 0 Å². The molecule has 2 rings (SSSR count). The van der Waals surface area contributed by atoms with Gasteiger partial charge < -0.3 is 5.11 Å². The van der Waals surface area contributed by atoms with Gasteiger partial charge in [0.2, 0.25) is 0 Å². The number of hydrogen-bond acceptors (Lipinski definition) is 2. The van der Waals surface area contributed by atoms with Gasteiger partial charge in [-0.3, -0.25) is 4.79 Å². The molecular weight excluding hydrogens is 196 g/mol. The second kappa shape index (κ2) is 4.13. The molecule has 1 aliphatic rings.